The molecule has 0 spiro atoms. The van der Waals surface area contributed by atoms with Gasteiger partial charge in [0.25, 0.3) is 0 Å². The number of hydrogen-bond acceptors (Lipinski definition) is 3. The lowest BCUT2D eigenvalue weighted by atomic mass is 10.2. The molecule has 4 nitrogen and oxygen atoms in total. The molecule has 112 valence electrons. The minimum Gasteiger partial charge on any atom is -0.337 e. The monoisotopic (exact) mass is 288 g/mol. The van der Waals surface area contributed by atoms with E-state index in [9.17, 15) is 9.00 Å². The minimum atomic E-state index is -0.718. The van der Waals surface area contributed by atoms with Gasteiger partial charge in [-0.25, -0.2) is 0 Å². The van der Waals surface area contributed by atoms with Crippen LogP contribution in [0.25, 0.3) is 0 Å². The third-order valence-electron chi connectivity index (χ3n) is 3.44. The molecule has 0 radical (unpaired) electrons. The molecule has 1 saturated heterocycles. The average Bonchev–Trinajstić information content (AvgIpc) is 2.38. The molecular formula is C14H28N2O2S. The van der Waals surface area contributed by atoms with Gasteiger partial charge in [0.05, 0.1) is 6.54 Å². The van der Waals surface area contributed by atoms with E-state index in [-0.39, 0.29) is 18.0 Å². The number of hydrogen-bond donors (Lipinski definition) is 0. The Balaban J connectivity index is 2.62. The second-order valence-corrected chi connectivity index (χ2v) is 7.76. The molecule has 2 atom stereocenters. The van der Waals surface area contributed by atoms with Gasteiger partial charge < -0.3 is 4.90 Å². The van der Waals surface area contributed by atoms with Crippen LogP contribution in [0.5, 0.6) is 0 Å². The van der Waals surface area contributed by atoms with Crippen LogP contribution in [0.15, 0.2) is 0 Å². The minimum absolute atomic E-state index is 0.185. The molecule has 1 aliphatic rings. The highest BCUT2D eigenvalue weighted by atomic mass is 32.2. The maximum absolute atomic E-state index is 12.4. The van der Waals surface area contributed by atoms with Crippen molar-refractivity contribution in [3.63, 3.8) is 0 Å². The number of nitrogens with zero attached hydrogens (tertiary/aromatic N) is 2. The standard InChI is InChI=1S/C14H28N2O2S/c1-11(2)16(12(3)4)14(17)9-15-6-7-19(18)10-13(5)8-15/h11-13H,6-10H2,1-5H3. The second kappa shape index (κ2) is 7.39. The molecule has 0 bridgehead atoms. The fraction of sp³-hybridized carbons (Fsp3) is 0.929. The fourth-order valence-corrected chi connectivity index (χ4v) is 4.17. The molecule has 1 rings (SSSR count). The van der Waals surface area contributed by atoms with E-state index in [0.717, 1.165) is 18.8 Å². The third-order valence-corrected chi connectivity index (χ3v) is 5.01. The Morgan fingerprint density at radius 1 is 1.32 bits per heavy atom. The van der Waals surface area contributed by atoms with E-state index in [4.69, 9.17) is 0 Å². The van der Waals surface area contributed by atoms with Crippen molar-refractivity contribution in [3.8, 4) is 0 Å². The predicted molar refractivity (Wildman–Crippen MR) is 80.6 cm³/mol. The van der Waals surface area contributed by atoms with Gasteiger partial charge >= 0.3 is 0 Å². The van der Waals surface area contributed by atoms with Crippen LogP contribution in [0, 0.1) is 5.92 Å². The van der Waals surface area contributed by atoms with Gasteiger partial charge in [0.2, 0.25) is 5.91 Å². The molecule has 2 unspecified atom stereocenters. The topological polar surface area (TPSA) is 40.6 Å². The van der Waals surface area contributed by atoms with Gasteiger partial charge in [-0.1, -0.05) is 6.92 Å². The lowest BCUT2D eigenvalue weighted by molar-refractivity contribution is -0.136. The first-order chi connectivity index (χ1) is 8.81. The summed E-state index contributed by atoms with van der Waals surface area (Å²) in [5.74, 6) is 2.05. The lowest BCUT2D eigenvalue weighted by Gasteiger charge is -2.33. The van der Waals surface area contributed by atoms with Gasteiger partial charge in [-0.05, 0) is 33.6 Å². The number of rotatable bonds is 4. The SMILES string of the molecule is CC1CN(CC(=O)N(C(C)C)C(C)C)CCS(=O)C1. The Morgan fingerprint density at radius 2 is 1.89 bits per heavy atom. The van der Waals surface area contributed by atoms with Gasteiger partial charge in [0, 0.05) is 47.5 Å². The Bertz CT molecular complexity index is 323. The Morgan fingerprint density at radius 3 is 2.42 bits per heavy atom. The zero-order valence-electron chi connectivity index (χ0n) is 12.9. The highest BCUT2D eigenvalue weighted by Gasteiger charge is 2.25. The van der Waals surface area contributed by atoms with Crippen LogP contribution in [-0.4, -0.2) is 63.1 Å². The van der Waals surface area contributed by atoms with E-state index in [2.05, 4.69) is 39.5 Å². The van der Waals surface area contributed by atoms with Crippen molar-refractivity contribution in [2.45, 2.75) is 46.7 Å². The Labute approximate surface area is 120 Å². The van der Waals surface area contributed by atoms with E-state index < -0.39 is 10.8 Å². The molecule has 0 aromatic heterocycles. The summed E-state index contributed by atoms with van der Waals surface area (Å²) in [6.07, 6.45) is 0. The van der Waals surface area contributed by atoms with Crippen molar-refractivity contribution in [2.24, 2.45) is 5.92 Å². The summed E-state index contributed by atoms with van der Waals surface area (Å²) in [5, 5.41) is 0. The zero-order valence-corrected chi connectivity index (χ0v) is 13.7. The third kappa shape index (κ3) is 5.22. The first kappa shape index (κ1) is 16.6. The van der Waals surface area contributed by atoms with Crippen LogP contribution < -0.4 is 0 Å². The summed E-state index contributed by atoms with van der Waals surface area (Å²) in [4.78, 5) is 16.5. The Hall–Kier alpha value is -0.420. The van der Waals surface area contributed by atoms with Crippen LogP contribution in [-0.2, 0) is 15.6 Å². The van der Waals surface area contributed by atoms with Crippen LogP contribution in [0.2, 0.25) is 0 Å². The van der Waals surface area contributed by atoms with Gasteiger partial charge in [-0.2, -0.15) is 0 Å². The first-order valence-electron chi connectivity index (χ1n) is 7.19. The van der Waals surface area contributed by atoms with Gasteiger partial charge in [-0.3, -0.25) is 13.9 Å². The van der Waals surface area contributed by atoms with Crippen molar-refractivity contribution in [1.29, 1.82) is 0 Å². The molecule has 1 heterocycles. The van der Waals surface area contributed by atoms with Crippen molar-refractivity contribution in [3.05, 3.63) is 0 Å². The van der Waals surface area contributed by atoms with Gasteiger partial charge in [0.1, 0.15) is 0 Å². The summed E-state index contributed by atoms with van der Waals surface area (Å²) >= 11 is 0. The van der Waals surface area contributed by atoms with E-state index >= 15 is 0 Å². The summed E-state index contributed by atoms with van der Waals surface area (Å²) < 4.78 is 11.7. The van der Waals surface area contributed by atoms with Crippen molar-refractivity contribution in [1.82, 2.24) is 9.80 Å². The fourth-order valence-electron chi connectivity index (χ4n) is 2.81. The van der Waals surface area contributed by atoms with E-state index in [0.29, 0.717) is 18.2 Å². The summed E-state index contributed by atoms with van der Waals surface area (Å²) in [6.45, 7) is 12.4. The van der Waals surface area contributed by atoms with E-state index in [1.807, 2.05) is 4.90 Å². The molecule has 5 heteroatoms. The quantitative estimate of drug-likeness (QED) is 0.784. The molecule has 1 aliphatic heterocycles. The van der Waals surface area contributed by atoms with Crippen LogP contribution in [0.1, 0.15) is 34.6 Å². The highest BCUT2D eigenvalue weighted by Crippen LogP contribution is 2.11. The molecule has 0 aromatic rings. The maximum Gasteiger partial charge on any atom is 0.237 e. The largest absolute Gasteiger partial charge is 0.337 e. The molecule has 0 aromatic carbocycles. The molecule has 1 amide bonds. The van der Waals surface area contributed by atoms with Crippen molar-refractivity contribution in [2.75, 3.05) is 31.1 Å². The van der Waals surface area contributed by atoms with Crippen LogP contribution >= 0.6 is 0 Å². The van der Waals surface area contributed by atoms with Crippen LogP contribution in [0.3, 0.4) is 0 Å². The number of carbonyl (C=O) groups is 1. The normalized spacial score (nSPS) is 25.6. The van der Waals surface area contributed by atoms with Crippen molar-refractivity contribution >= 4 is 16.7 Å². The molecule has 0 N–H and O–H groups in total. The smallest absolute Gasteiger partial charge is 0.237 e. The molecule has 0 aliphatic carbocycles. The van der Waals surface area contributed by atoms with Crippen molar-refractivity contribution < 1.29 is 9.00 Å². The summed E-state index contributed by atoms with van der Waals surface area (Å²) in [5.41, 5.74) is 0. The molecule has 1 fully saturated rings. The predicted octanol–water partition coefficient (Wildman–Crippen LogP) is 1.33. The summed E-state index contributed by atoms with van der Waals surface area (Å²) in [6, 6.07) is 0.456. The number of carbonyl (C=O) groups excluding carboxylic acids is 1. The average molecular weight is 288 g/mol. The lowest BCUT2D eigenvalue weighted by Crippen LogP contribution is -2.48. The van der Waals surface area contributed by atoms with E-state index in [1.54, 1.807) is 0 Å². The second-order valence-electron chi connectivity index (χ2n) is 6.14. The number of amides is 1. The maximum atomic E-state index is 12.4. The molecule has 19 heavy (non-hydrogen) atoms. The molecular weight excluding hydrogens is 260 g/mol. The van der Waals surface area contributed by atoms with E-state index in [1.165, 1.54) is 0 Å². The van der Waals surface area contributed by atoms with Crippen LogP contribution in [0.4, 0.5) is 0 Å². The molecule has 0 saturated carbocycles. The summed E-state index contributed by atoms with van der Waals surface area (Å²) in [7, 11) is -0.718. The first-order valence-corrected chi connectivity index (χ1v) is 8.68. The zero-order chi connectivity index (χ0) is 14.6. The van der Waals surface area contributed by atoms with Gasteiger partial charge in [-0.15, -0.1) is 0 Å². The highest BCUT2D eigenvalue weighted by molar-refractivity contribution is 7.85. The van der Waals surface area contributed by atoms with Gasteiger partial charge in [0.15, 0.2) is 0 Å². The Kier molecular flexibility index (Phi) is 6.47.